The van der Waals surface area contributed by atoms with Crippen molar-refractivity contribution in [1.29, 1.82) is 0 Å². The minimum Gasteiger partial charge on any atom is -0.434 e. The van der Waals surface area contributed by atoms with Gasteiger partial charge in [0.1, 0.15) is 17.4 Å². The summed E-state index contributed by atoms with van der Waals surface area (Å²) in [7, 11) is -3.46. The summed E-state index contributed by atoms with van der Waals surface area (Å²) in [6.45, 7) is -2.95. The van der Waals surface area contributed by atoms with E-state index in [-0.39, 0.29) is 22.3 Å². The van der Waals surface area contributed by atoms with Crippen molar-refractivity contribution in [2.75, 3.05) is 6.26 Å². The van der Waals surface area contributed by atoms with Crippen LogP contribution in [0.2, 0.25) is 0 Å². The zero-order chi connectivity index (χ0) is 23.3. The Morgan fingerprint density at radius 1 is 1.09 bits per heavy atom. The molecule has 170 valence electrons. The van der Waals surface area contributed by atoms with Gasteiger partial charge in [-0.25, -0.2) is 17.8 Å². The Morgan fingerprint density at radius 3 is 2.64 bits per heavy atom. The van der Waals surface area contributed by atoms with Crippen LogP contribution in [0, 0.1) is 5.82 Å². The number of hydrogen-bond donors (Lipinski definition) is 0. The lowest BCUT2D eigenvalue weighted by Crippen LogP contribution is -2.10. The van der Waals surface area contributed by atoms with Crippen molar-refractivity contribution >= 4 is 20.9 Å². The van der Waals surface area contributed by atoms with Gasteiger partial charge in [-0.05, 0) is 36.2 Å². The molecule has 0 radical (unpaired) electrons. The maximum Gasteiger partial charge on any atom is 0.387 e. The molecule has 1 atom stereocenters. The molecule has 0 unspecified atom stereocenters. The summed E-state index contributed by atoms with van der Waals surface area (Å²) in [5.41, 5.74) is 2.34. The summed E-state index contributed by atoms with van der Waals surface area (Å²) in [6.07, 6.45) is 2.33. The number of nitrogens with zero attached hydrogens (tertiary/aromatic N) is 2. The number of aromatic nitrogens is 2. The van der Waals surface area contributed by atoms with Gasteiger partial charge >= 0.3 is 6.61 Å². The van der Waals surface area contributed by atoms with Crippen molar-refractivity contribution in [2.24, 2.45) is 0 Å². The standard InChI is InChI=1S/C24H19F3N2O3S/c1-33(30,31)15-6-4-5-14(11-15)17-12-21-19(13-18(17)25)28-23-10-9-20(29(21)23)16-7-2-3-8-22(16)32-24(26)27/h2-8,11-13,20,24H,9-10H2,1H3/t20-/m0/s1. The number of aryl methyl sites for hydroxylation is 1. The number of alkyl halides is 2. The third-order valence-corrected chi connectivity index (χ3v) is 6.98. The van der Waals surface area contributed by atoms with Gasteiger partial charge in [-0.3, -0.25) is 0 Å². The Balaban J connectivity index is 1.66. The van der Waals surface area contributed by atoms with Gasteiger partial charge in [-0.1, -0.05) is 30.3 Å². The van der Waals surface area contributed by atoms with E-state index in [1.54, 1.807) is 36.4 Å². The summed E-state index contributed by atoms with van der Waals surface area (Å²) in [5, 5.41) is 0. The molecule has 1 aliphatic rings. The Bertz CT molecular complexity index is 1480. The summed E-state index contributed by atoms with van der Waals surface area (Å²) in [5.74, 6) is 0.293. The van der Waals surface area contributed by atoms with Gasteiger partial charge in [0.05, 0.1) is 22.0 Å². The molecule has 3 aromatic carbocycles. The van der Waals surface area contributed by atoms with Crippen molar-refractivity contribution in [3.05, 3.63) is 77.9 Å². The van der Waals surface area contributed by atoms with Gasteiger partial charge in [-0.2, -0.15) is 8.78 Å². The number of para-hydroxylation sites is 1. The predicted molar refractivity (Wildman–Crippen MR) is 118 cm³/mol. The lowest BCUT2D eigenvalue weighted by molar-refractivity contribution is -0.0506. The summed E-state index contributed by atoms with van der Waals surface area (Å²) < 4.78 is 71.5. The monoisotopic (exact) mass is 472 g/mol. The van der Waals surface area contributed by atoms with Crippen LogP contribution in [-0.2, 0) is 16.3 Å². The molecule has 0 spiro atoms. The molecule has 33 heavy (non-hydrogen) atoms. The summed E-state index contributed by atoms with van der Waals surface area (Å²) >= 11 is 0. The first-order valence-corrected chi connectivity index (χ1v) is 12.2. The average Bonchev–Trinajstić information content (AvgIpc) is 3.31. The Hall–Kier alpha value is -3.33. The van der Waals surface area contributed by atoms with Crippen LogP contribution in [0.15, 0.2) is 65.6 Å². The summed E-state index contributed by atoms with van der Waals surface area (Å²) in [4.78, 5) is 4.64. The van der Waals surface area contributed by atoms with Crippen LogP contribution in [0.5, 0.6) is 5.75 Å². The SMILES string of the molecule is CS(=O)(=O)c1cccc(-c2cc3c(cc2F)nc2n3[C@H](c3ccccc3OC(F)F)CC2)c1. The van der Waals surface area contributed by atoms with Gasteiger partial charge in [0.25, 0.3) is 0 Å². The minimum absolute atomic E-state index is 0.0916. The average molecular weight is 472 g/mol. The molecule has 0 saturated carbocycles. The topological polar surface area (TPSA) is 61.2 Å². The predicted octanol–water partition coefficient (Wildman–Crippen LogP) is 5.38. The highest BCUT2D eigenvalue weighted by Gasteiger charge is 2.30. The molecule has 0 N–H and O–H groups in total. The zero-order valence-corrected chi connectivity index (χ0v) is 18.3. The molecule has 4 aromatic rings. The van der Waals surface area contributed by atoms with Gasteiger partial charge in [0.15, 0.2) is 9.84 Å². The van der Waals surface area contributed by atoms with E-state index in [2.05, 4.69) is 4.98 Å². The van der Waals surface area contributed by atoms with Gasteiger partial charge < -0.3 is 9.30 Å². The lowest BCUT2D eigenvalue weighted by atomic mass is 10.0. The van der Waals surface area contributed by atoms with Gasteiger partial charge in [0.2, 0.25) is 0 Å². The molecule has 2 heterocycles. The third kappa shape index (κ3) is 3.86. The molecule has 1 aromatic heterocycles. The first kappa shape index (κ1) is 21.5. The molecule has 0 fully saturated rings. The minimum atomic E-state index is -3.46. The molecular weight excluding hydrogens is 453 g/mol. The lowest BCUT2D eigenvalue weighted by Gasteiger charge is -2.19. The number of benzene rings is 3. The number of imidazole rings is 1. The zero-order valence-electron chi connectivity index (χ0n) is 17.5. The maximum absolute atomic E-state index is 15.0. The Labute approximate surface area is 188 Å². The molecular formula is C24H19F3N2O3S. The van der Waals surface area contributed by atoms with Gasteiger partial charge in [-0.15, -0.1) is 0 Å². The quantitative estimate of drug-likeness (QED) is 0.391. The van der Waals surface area contributed by atoms with E-state index in [1.807, 2.05) is 4.57 Å². The van der Waals surface area contributed by atoms with E-state index in [4.69, 9.17) is 4.74 Å². The van der Waals surface area contributed by atoms with E-state index < -0.39 is 22.3 Å². The van der Waals surface area contributed by atoms with Crippen LogP contribution in [0.3, 0.4) is 0 Å². The normalized spacial score (nSPS) is 15.8. The number of sulfone groups is 1. The van der Waals surface area contributed by atoms with Crippen LogP contribution in [0.25, 0.3) is 22.2 Å². The van der Waals surface area contributed by atoms with Crippen molar-refractivity contribution in [2.45, 2.75) is 30.4 Å². The smallest absolute Gasteiger partial charge is 0.387 e. The fourth-order valence-corrected chi connectivity index (χ4v) is 5.12. The number of hydrogen-bond acceptors (Lipinski definition) is 4. The number of halogens is 3. The Kier molecular flexibility index (Phi) is 5.16. The second kappa shape index (κ2) is 7.91. The van der Waals surface area contributed by atoms with Crippen molar-refractivity contribution in [3.63, 3.8) is 0 Å². The van der Waals surface area contributed by atoms with E-state index in [0.29, 0.717) is 35.0 Å². The van der Waals surface area contributed by atoms with Crippen LogP contribution in [-0.4, -0.2) is 30.8 Å². The highest BCUT2D eigenvalue weighted by Crippen LogP contribution is 2.41. The number of rotatable bonds is 5. The van der Waals surface area contributed by atoms with Crippen molar-refractivity contribution in [1.82, 2.24) is 9.55 Å². The molecule has 0 aliphatic carbocycles. The highest BCUT2D eigenvalue weighted by molar-refractivity contribution is 7.90. The van der Waals surface area contributed by atoms with Crippen LogP contribution in [0.1, 0.15) is 23.9 Å². The number of ether oxygens (including phenoxy) is 1. The van der Waals surface area contributed by atoms with Gasteiger partial charge in [0, 0.05) is 29.9 Å². The molecule has 5 rings (SSSR count). The highest BCUT2D eigenvalue weighted by atomic mass is 32.2. The molecule has 9 heteroatoms. The molecule has 0 amide bonds. The third-order valence-electron chi connectivity index (χ3n) is 5.87. The molecule has 1 aliphatic heterocycles. The second-order valence-corrected chi connectivity index (χ2v) is 10.0. The summed E-state index contributed by atoms with van der Waals surface area (Å²) in [6, 6.07) is 15.4. The molecule has 0 bridgehead atoms. The van der Waals surface area contributed by atoms with E-state index in [0.717, 1.165) is 12.1 Å². The largest absolute Gasteiger partial charge is 0.434 e. The Morgan fingerprint density at radius 2 is 1.88 bits per heavy atom. The van der Waals surface area contributed by atoms with Crippen LogP contribution in [0.4, 0.5) is 13.2 Å². The molecule has 0 saturated heterocycles. The maximum atomic E-state index is 15.0. The van der Waals surface area contributed by atoms with Crippen molar-refractivity contribution in [3.8, 4) is 16.9 Å². The van der Waals surface area contributed by atoms with Crippen LogP contribution < -0.4 is 4.74 Å². The first-order chi connectivity index (χ1) is 15.7. The first-order valence-electron chi connectivity index (χ1n) is 10.3. The van der Waals surface area contributed by atoms with E-state index >= 15 is 4.39 Å². The number of fused-ring (bicyclic) bond motifs is 3. The van der Waals surface area contributed by atoms with E-state index in [1.165, 1.54) is 24.3 Å². The van der Waals surface area contributed by atoms with Crippen LogP contribution >= 0.6 is 0 Å². The van der Waals surface area contributed by atoms with E-state index in [9.17, 15) is 17.2 Å². The van der Waals surface area contributed by atoms with Crippen molar-refractivity contribution < 1.29 is 26.3 Å². The fourth-order valence-electron chi connectivity index (χ4n) is 4.45. The molecule has 5 nitrogen and oxygen atoms in total. The second-order valence-electron chi connectivity index (χ2n) is 7.99. The fraction of sp³-hybridized carbons (Fsp3) is 0.208.